The molecule has 3 rings (SSSR count). The second kappa shape index (κ2) is 6.71. The van der Waals surface area contributed by atoms with Crippen molar-refractivity contribution in [2.45, 2.75) is 36.8 Å². The molecule has 0 aliphatic carbocycles. The third-order valence-corrected chi connectivity index (χ3v) is 6.47. The molecular formula is C17H23N3O5S. The number of carbonyl (C=O) groups excluding carboxylic acids is 2. The van der Waals surface area contributed by atoms with Gasteiger partial charge in [-0.2, -0.15) is 0 Å². The fourth-order valence-corrected chi connectivity index (χ4v) is 5.16. The molecule has 0 radical (unpaired) electrons. The van der Waals surface area contributed by atoms with E-state index in [1.165, 1.54) is 28.5 Å². The molecule has 0 aromatic rings. The van der Waals surface area contributed by atoms with Gasteiger partial charge in [-0.25, -0.2) is 4.79 Å². The Morgan fingerprint density at radius 2 is 2.08 bits per heavy atom. The molecule has 2 amide bonds. The summed E-state index contributed by atoms with van der Waals surface area (Å²) < 4.78 is 0. The molecule has 0 bridgehead atoms. The number of carboxylic acids is 1. The molecule has 3 N–H and O–H groups in total. The van der Waals surface area contributed by atoms with Crippen LogP contribution < -0.4 is 5.32 Å². The molecule has 2 fully saturated rings. The van der Waals surface area contributed by atoms with Gasteiger partial charge in [0.05, 0.1) is 24.1 Å². The summed E-state index contributed by atoms with van der Waals surface area (Å²) >= 11 is 1.35. The maximum Gasteiger partial charge on any atom is 0.353 e. The normalized spacial score (nSPS) is 31.8. The van der Waals surface area contributed by atoms with Gasteiger partial charge in [0.25, 0.3) is 0 Å². The molecule has 0 aromatic carbocycles. The Kier molecular flexibility index (Phi) is 4.89. The van der Waals surface area contributed by atoms with Crippen LogP contribution in [0.4, 0.5) is 0 Å². The molecule has 0 aromatic heterocycles. The zero-order chi connectivity index (χ0) is 19.3. The van der Waals surface area contributed by atoms with Crippen LogP contribution in [0.25, 0.3) is 0 Å². The van der Waals surface area contributed by atoms with Crippen LogP contribution >= 0.6 is 11.8 Å². The minimum atomic E-state index is -1.18. The predicted octanol–water partition coefficient (Wildman–Crippen LogP) is -0.388. The van der Waals surface area contributed by atoms with Gasteiger partial charge in [0.15, 0.2) is 0 Å². The minimum Gasteiger partial charge on any atom is -0.477 e. The van der Waals surface area contributed by atoms with Gasteiger partial charge < -0.3 is 20.4 Å². The van der Waals surface area contributed by atoms with Crippen molar-refractivity contribution in [3.8, 4) is 0 Å². The van der Waals surface area contributed by atoms with Crippen molar-refractivity contribution in [1.82, 2.24) is 15.1 Å². The molecule has 3 aliphatic heterocycles. The van der Waals surface area contributed by atoms with Crippen molar-refractivity contribution in [2.24, 2.45) is 5.92 Å². The van der Waals surface area contributed by atoms with E-state index in [4.69, 9.17) is 0 Å². The second-order valence-electron chi connectivity index (χ2n) is 7.10. The molecule has 0 unspecified atom stereocenters. The first-order valence-corrected chi connectivity index (χ1v) is 9.32. The van der Waals surface area contributed by atoms with Crippen molar-refractivity contribution >= 4 is 29.5 Å². The monoisotopic (exact) mass is 381 g/mol. The third-order valence-electron chi connectivity index (χ3n) is 5.08. The lowest BCUT2D eigenvalue weighted by Crippen LogP contribution is -2.62. The minimum absolute atomic E-state index is 0.00352. The van der Waals surface area contributed by atoms with Crippen molar-refractivity contribution in [2.75, 3.05) is 20.6 Å². The third kappa shape index (κ3) is 2.83. The Hall–Kier alpha value is -1.84. The van der Waals surface area contributed by atoms with Gasteiger partial charge in [0.2, 0.25) is 11.8 Å². The second-order valence-corrected chi connectivity index (χ2v) is 8.41. The number of rotatable bonds is 5. The van der Waals surface area contributed by atoms with Crippen LogP contribution in [0, 0.1) is 5.92 Å². The lowest BCUT2D eigenvalue weighted by molar-refractivity contribution is -0.159. The highest BCUT2D eigenvalue weighted by molar-refractivity contribution is 8.04. The summed E-state index contributed by atoms with van der Waals surface area (Å²) in [5.41, 5.74) is 0.495. The predicted molar refractivity (Wildman–Crippen MR) is 96.1 cm³/mol. The van der Waals surface area contributed by atoms with Gasteiger partial charge in [-0.05, 0) is 18.9 Å². The smallest absolute Gasteiger partial charge is 0.353 e. The number of amides is 2. The summed E-state index contributed by atoms with van der Waals surface area (Å²) in [5, 5.41) is 22.6. The number of hydrogen-bond acceptors (Lipinski definition) is 6. The van der Waals surface area contributed by atoms with Gasteiger partial charge >= 0.3 is 5.97 Å². The van der Waals surface area contributed by atoms with Crippen LogP contribution in [0.2, 0.25) is 0 Å². The summed E-state index contributed by atoms with van der Waals surface area (Å²) in [5.74, 6) is -2.23. The molecule has 3 heterocycles. The average molecular weight is 381 g/mol. The largest absolute Gasteiger partial charge is 0.477 e. The molecule has 0 saturated carbocycles. The zero-order valence-electron chi connectivity index (χ0n) is 14.9. The first-order valence-electron chi connectivity index (χ1n) is 8.44. The molecule has 26 heavy (non-hydrogen) atoms. The van der Waals surface area contributed by atoms with Crippen LogP contribution in [-0.2, 0) is 14.4 Å². The van der Waals surface area contributed by atoms with Crippen LogP contribution in [-0.4, -0.2) is 81.9 Å². The highest BCUT2D eigenvalue weighted by atomic mass is 32.2. The van der Waals surface area contributed by atoms with Gasteiger partial charge in [0, 0.05) is 30.8 Å². The van der Waals surface area contributed by atoms with Crippen molar-refractivity contribution in [3.05, 3.63) is 22.8 Å². The van der Waals surface area contributed by atoms with Crippen molar-refractivity contribution in [1.29, 1.82) is 0 Å². The SMILES string of the molecule is C=C1C(S[C@@H]2CN[C@H](C(=O)N(C)C)C2)=C(C(=O)O)N2C(=O)[C@H]([C@H](C)O)[C@@H]12. The highest BCUT2D eigenvalue weighted by Gasteiger charge is 2.59. The number of nitrogens with one attached hydrogen (secondary N) is 1. The average Bonchev–Trinajstić information content (AvgIpc) is 3.09. The van der Waals surface area contributed by atoms with Crippen molar-refractivity contribution in [3.63, 3.8) is 0 Å². The van der Waals surface area contributed by atoms with E-state index in [1.54, 1.807) is 14.1 Å². The summed E-state index contributed by atoms with van der Waals surface area (Å²) in [6, 6.07) is -0.792. The summed E-state index contributed by atoms with van der Waals surface area (Å²) in [7, 11) is 3.39. The molecule has 3 aliphatic rings. The molecule has 9 heteroatoms. The first kappa shape index (κ1) is 18.9. The Balaban J connectivity index is 1.79. The molecule has 8 nitrogen and oxygen atoms in total. The van der Waals surface area contributed by atoms with E-state index in [9.17, 15) is 24.6 Å². The maximum absolute atomic E-state index is 12.3. The Bertz CT molecular complexity index is 717. The number of aliphatic hydroxyl groups is 1. The van der Waals surface area contributed by atoms with Crippen LogP contribution in [0.15, 0.2) is 22.8 Å². The van der Waals surface area contributed by atoms with Gasteiger partial charge in [-0.15, -0.1) is 11.8 Å². The van der Waals surface area contributed by atoms with E-state index in [-0.39, 0.29) is 28.8 Å². The molecule has 142 valence electrons. The Morgan fingerprint density at radius 3 is 2.62 bits per heavy atom. The van der Waals surface area contributed by atoms with E-state index in [2.05, 4.69) is 11.9 Å². The standard InChI is InChI=1S/C17H23N3O5S/c1-7-12-11(8(2)21)16(23)20(12)13(17(24)25)14(7)26-9-5-10(18-6-9)15(22)19(3)4/h8-12,18,21H,1,5-6H2,2-4H3,(H,24,25)/t8-,9-,10-,11+,12+/m0/s1. The number of aliphatic hydroxyl groups excluding tert-OH is 1. The maximum atomic E-state index is 12.3. The van der Waals surface area contributed by atoms with E-state index in [1.807, 2.05) is 0 Å². The lowest BCUT2D eigenvalue weighted by atomic mass is 9.82. The topological polar surface area (TPSA) is 110 Å². The van der Waals surface area contributed by atoms with E-state index >= 15 is 0 Å². The fraction of sp³-hybridized carbons (Fsp3) is 0.588. The summed E-state index contributed by atoms with van der Waals surface area (Å²) in [6.45, 7) is 6.09. The molecule has 5 atom stereocenters. The van der Waals surface area contributed by atoms with E-state index in [0.717, 1.165) is 0 Å². The van der Waals surface area contributed by atoms with E-state index in [0.29, 0.717) is 23.4 Å². The number of carboxylic acid groups (broad SMARTS) is 1. The summed E-state index contributed by atoms with van der Waals surface area (Å²) in [4.78, 5) is 39.4. The zero-order valence-corrected chi connectivity index (χ0v) is 15.7. The fourth-order valence-electron chi connectivity index (χ4n) is 3.79. The number of fused-ring (bicyclic) bond motifs is 1. The number of likely N-dealkylation sites (N-methyl/N-ethyl adjacent to an activating group) is 1. The van der Waals surface area contributed by atoms with Crippen LogP contribution in [0.5, 0.6) is 0 Å². The number of carbonyl (C=O) groups is 3. The van der Waals surface area contributed by atoms with Crippen LogP contribution in [0.3, 0.4) is 0 Å². The van der Waals surface area contributed by atoms with Crippen molar-refractivity contribution < 1.29 is 24.6 Å². The molecular weight excluding hydrogens is 358 g/mol. The number of thioether (sulfide) groups is 1. The lowest BCUT2D eigenvalue weighted by Gasteiger charge is -2.44. The Morgan fingerprint density at radius 1 is 1.42 bits per heavy atom. The Labute approximate surface area is 155 Å². The number of aliphatic carboxylic acids is 1. The molecule has 0 spiro atoms. The quantitative estimate of drug-likeness (QED) is 0.557. The van der Waals surface area contributed by atoms with Gasteiger partial charge in [0.1, 0.15) is 5.70 Å². The van der Waals surface area contributed by atoms with Gasteiger partial charge in [-0.1, -0.05) is 6.58 Å². The number of nitrogens with zero attached hydrogens (tertiary/aromatic N) is 2. The first-order chi connectivity index (χ1) is 12.1. The highest BCUT2D eigenvalue weighted by Crippen LogP contribution is 2.51. The van der Waals surface area contributed by atoms with E-state index < -0.39 is 24.0 Å². The van der Waals surface area contributed by atoms with Crippen LogP contribution in [0.1, 0.15) is 13.3 Å². The number of β-lactam (4-membered cyclic amide) rings is 1. The number of hydrogen-bond donors (Lipinski definition) is 3. The summed E-state index contributed by atoms with van der Waals surface area (Å²) in [6.07, 6.45) is -0.292. The van der Waals surface area contributed by atoms with Gasteiger partial charge in [-0.3, -0.25) is 14.5 Å². The molecule has 2 saturated heterocycles.